The quantitative estimate of drug-likeness (QED) is 0.0285. The summed E-state index contributed by atoms with van der Waals surface area (Å²) in [6.07, 6.45) is 11.8. The van der Waals surface area contributed by atoms with Gasteiger partial charge in [0.15, 0.2) is 0 Å². The molecule has 10 N–H and O–H groups in total. The van der Waals surface area contributed by atoms with E-state index in [4.69, 9.17) is 58.8 Å². The van der Waals surface area contributed by atoms with Crippen molar-refractivity contribution >= 4 is 82.4 Å². The van der Waals surface area contributed by atoms with Gasteiger partial charge in [-0.05, 0) is 173 Å². The van der Waals surface area contributed by atoms with Crippen molar-refractivity contribution < 1.29 is 95.3 Å². The van der Waals surface area contributed by atoms with Crippen LogP contribution in [-0.4, -0.2) is 148 Å². The summed E-state index contributed by atoms with van der Waals surface area (Å²) in [6.45, 7) is 18.1. The van der Waals surface area contributed by atoms with E-state index in [0.717, 1.165) is 94.4 Å². The fraction of sp³-hybridized carbons (Fsp3) is 0.408. The highest BCUT2D eigenvalue weighted by atomic mass is 16.6. The molecule has 130 heavy (non-hydrogen) atoms. The van der Waals surface area contributed by atoms with E-state index in [0.29, 0.717) is 92.8 Å². The van der Waals surface area contributed by atoms with Crippen molar-refractivity contribution in [2.24, 2.45) is 35.1 Å². The second-order valence-corrected chi connectivity index (χ2v) is 34.0. The number of aromatic nitrogens is 4. The first-order valence-electron chi connectivity index (χ1n) is 42.9. The molecule has 8 heterocycles. The molecule has 692 valence electrons. The van der Waals surface area contributed by atoms with E-state index in [1.54, 1.807) is 118 Å². The maximum Gasteiger partial charge on any atom is 0.408 e. The zero-order valence-corrected chi connectivity index (χ0v) is 77.1. The molecule has 8 aromatic rings. The number of nitrogens with two attached hydrogens (primary N) is 2. The summed E-state index contributed by atoms with van der Waals surface area (Å²) in [5.74, 6) is -1.52. The van der Waals surface area contributed by atoms with Gasteiger partial charge >= 0.3 is 36.1 Å². The Labute approximate surface area is 758 Å². The average molecular weight is 1790 g/mol. The first-order valence-corrected chi connectivity index (χ1v) is 42.9. The molecule has 0 fully saturated rings. The van der Waals surface area contributed by atoms with E-state index >= 15 is 0 Å². The number of rotatable bonds is 14. The Kier molecular flexibility index (Phi) is 35.7. The molecule has 4 aliphatic heterocycles. The number of carbonyl (C=O) groups is 10. The highest BCUT2D eigenvalue weighted by molar-refractivity contribution is 6.01. The van der Waals surface area contributed by atoms with E-state index in [1.165, 1.54) is 42.7 Å². The summed E-state index contributed by atoms with van der Waals surface area (Å²) in [6, 6.07) is 35.1. The second-order valence-electron chi connectivity index (χ2n) is 34.0. The summed E-state index contributed by atoms with van der Waals surface area (Å²) < 4.78 is 51.6. The number of esters is 4. The molecule has 6 amide bonds. The van der Waals surface area contributed by atoms with Gasteiger partial charge in [0.1, 0.15) is 11.2 Å². The van der Waals surface area contributed by atoms with Crippen LogP contribution in [-0.2, 0) is 92.5 Å². The predicted octanol–water partition coefficient (Wildman–Crippen LogP) is 15.6. The van der Waals surface area contributed by atoms with Crippen LogP contribution in [0.4, 0.5) is 32.3 Å². The number of amides is 6. The molecule has 12 rings (SSSR count). The SMILES string of the molecule is COC(=O)Cc1ccc2c(c1)NC(=O)[C@@H](C)/C=C/C[C@H](NC(=O)OC(C)(C)C)c1cc-2cc(OC)n1.COC(=O)Cc1ccc2c(c1)NC(=O)[C@@H](C)CCC[C@H](N)c1cc-2cc(OC)n1.COC(=O)Cc1ccc2c(c1)NC(=O)[C@H](C)/C=C/C[C@H](NC(=O)OC(C)(C)C)c1cc-2cc(OC)n1.COC(=O)Cc1ccc2c(c1)NC(=O)[C@H](C)CCC[C@H](N)c1cc-2cc(OC)n1. The Hall–Kier alpha value is -13.6. The van der Waals surface area contributed by atoms with Gasteiger partial charge in [0.2, 0.25) is 47.1 Å². The van der Waals surface area contributed by atoms with Gasteiger partial charge in [0.25, 0.3) is 0 Å². The van der Waals surface area contributed by atoms with Crippen LogP contribution >= 0.6 is 0 Å². The fourth-order valence-electron chi connectivity index (χ4n) is 14.3. The van der Waals surface area contributed by atoms with E-state index in [1.807, 2.05) is 111 Å². The molecule has 0 saturated heterocycles. The van der Waals surface area contributed by atoms with Crippen LogP contribution in [0.15, 0.2) is 146 Å². The minimum absolute atomic E-state index is 0.0585. The Morgan fingerprint density at radius 2 is 0.631 bits per heavy atom. The molecule has 0 spiro atoms. The lowest BCUT2D eigenvalue weighted by molar-refractivity contribution is -0.140. The van der Waals surface area contributed by atoms with Crippen LogP contribution in [0.5, 0.6) is 23.5 Å². The van der Waals surface area contributed by atoms with E-state index in [2.05, 4.69) is 51.8 Å². The van der Waals surface area contributed by atoms with Crippen molar-refractivity contribution in [1.82, 2.24) is 30.6 Å². The van der Waals surface area contributed by atoms with E-state index < -0.39 is 47.3 Å². The number of pyridine rings is 4. The molecule has 8 atom stereocenters. The van der Waals surface area contributed by atoms with Gasteiger partial charge < -0.3 is 90.7 Å². The van der Waals surface area contributed by atoms with Crippen molar-refractivity contribution in [3.05, 3.63) is 191 Å². The van der Waals surface area contributed by atoms with Gasteiger partial charge in [0.05, 0.1) is 129 Å². The van der Waals surface area contributed by atoms with Crippen molar-refractivity contribution in [1.29, 1.82) is 0 Å². The van der Waals surface area contributed by atoms with Crippen LogP contribution < -0.4 is 62.3 Å². The Balaban J connectivity index is 0.000000196. The summed E-state index contributed by atoms with van der Waals surface area (Å²) in [4.78, 5) is 142. The van der Waals surface area contributed by atoms with Gasteiger partial charge in [-0.3, -0.25) is 38.4 Å². The lowest BCUT2D eigenvalue weighted by atomic mass is 9.95. The van der Waals surface area contributed by atoms with Gasteiger partial charge in [-0.1, -0.05) is 113 Å². The van der Waals surface area contributed by atoms with Gasteiger partial charge in [-0.15, -0.1) is 0 Å². The van der Waals surface area contributed by atoms with Crippen molar-refractivity contribution in [3.8, 4) is 68.0 Å². The second kappa shape index (κ2) is 46.4. The molecule has 0 saturated carbocycles. The molecule has 4 aliphatic rings. The Morgan fingerprint density at radius 3 is 0.892 bits per heavy atom. The van der Waals surface area contributed by atoms with Crippen molar-refractivity contribution in [2.75, 3.05) is 78.1 Å². The highest BCUT2D eigenvalue weighted by Crippen LogP contribution is 2.41. The molecule has 0 radical (unpaired) electrons. The normalized spacial score (nSPS) is 18.8. The number of fused-ring (bicyclic) bond motifs is 16. The molecule has 0 aliphatic carbocycles. The van der Waals surface area contributed by atoms with Crippen molar-refractivity contribution in [3.63, 3.8) is 0 Å². The predicted molar refractivity (Wildman–Crippen MR) is 492 cm³/mol. The molecular formula is C98H120N12O20. The van der Waals surface area contributed by atoms with Crippen LogP contribution in [0.3, 0.4) is 0 Å². The smallest absolute Gasteiger partial charge is 0.408 e. The minimum atomic E-state index is -0.661. The van der Waals surface area contributed by atoms with Gasteiger partial charge in [0, 0.05) is 93.2 Å². The number of anilines is 4. The largest absolute Gasteiger partial charge is 0.481 e. The number of nitrogens with zero attached hydrogens (tertiary/aromatic N) is 4. The van der Waals surface area contributed by atoms with E-state index in [-0.39, 0.29) is 97.1 Å². The molecule has 4 aromatic heterocycles. The van der Waals surface area contributed by atoms with Crippen LogP contribution in [0.1, 0.15) is 190 Å². The first kappa shape index (κ1) is 100. The number of methoxy groups -OCH3 is 8. The lowest BCUT2D eigenvalue weighted by Gasteiger charge is -2.24. The maximum atomic E-state index is 13.0. The minimum Gasteiger partial charge on any atom is -0.481 e. The number of hydrogen-bond donors (Lipinski definition) is 8. The van der Waals surface area contributed by atoms with E-state index in [9.17, 15) is 47.9 Å². The Bertz CT molecular complexity index is 5150. The van der Waals surface area contributed by atoms with Crippen LogP contribution in [0, 0.1) is 23.7 Å². The van der Waals surface area contributed by atoms with Gasteiger partial charge in [-0.25, -0.2) is 29.5 Å². The highest BCUT2D eigenvalue weighted by Gasteiger charge is 2.30. The summed E-state index contributed by atoms with van der Waals surface area (Å²) in [5, 5.41) is 17.8. The summed E-state index contributed by atoms with van der Waals surface area (Å²) >= 11 is 0. The zero-order chi connectivity index (χ0) is 94.8. The number of carbonyl (C=O) groups excluding carboxylic acids is 10. The third kappa shape index (κ3) is 29.2. The summed E-state index contributed by atoms with van der Waals surface area (Å²) in [7, 11) is 11.5. The number of ether oxygens (including phenoxy) is 10. The Morgan fingerprint density at radius 1 is 0.369 bits per heavy atom. The summed E-state index contributed by atoms with van der Waals surface area (Å²) in [5.41, 5.74) is 25.5. The van der Waals surface area contributed by atoms with Gasteiger partial charge in [-0.2, -0.15) is 0 Å². The number of hydrogen-bond acceptors (Lipinski definition) is 26. The number of nitrogens with one attached hydrogen (secondary N) is 6. The first-order chi connectivity index (χ1) is 61.8. The molecular weight excluding hydrogens is 1670 g/mol. The topological polar surface area (TPSA) is 439 Å². The zero-order valence-electron chi connectivity index (χ0n) is 77.1. The third-order valence-electron chi connectivity index (χ3n) is 21.5. The third-order valence-corrected chi connectivity index (χ3v) is 21.5. The molecule has 4 aromatic carbocycles. The van der Waals surface area contributed by atoms with Crippen LogP contribution in [0.25, 0.3) is 44.5 Å². The average Bonchev–Trinajstić information content (AvgIpc) is 0.805. The maximum absolute atomic E-state index is 13.0. The monoisotopic (exact) mass is 1780 g/mol. The molecule has 0 unspecified atom stereocenters. The van der Waals surface area contributed by atoms with Crippen LogP contribution in [0.2, 0.25) is 0 Å². The standard InChI is InChI=1S/2C27H33N3O6.2C22H27N3O4/c2*1-16-8-7-9-20(30-26(33)36-27(2,3)4)22-14-18(15-23(28-22)34-5)19-11-10-17(13-24(31)35-6)12-21(19)29-25(16)32;2*1-13-5-4-6-17(23)19-11-15(12-20(24-19)28-2)16-8-7-14(10-21(26)29-3)9-18(16)25-22(13)27/h2*7-8,10-12,14-16,20H,9,13H2,1-6H3,(H,29,32)(H,30,33);2*7-9,11-13,17H,4-6,10,23H2,1-3H3,(H,25,27)/b2*8-7+;;/t16-,20+;16-,20-;13-,17+;13-,17-/m1010/s1. The molecule has 8 bridgehead atoms. The number of benzene rings is 4. The molecule has 32 nitrogen and oxygen atoms in total. The fourth-order valence-corrected chi connectivity index (χ4v) is 14.3. The van der Waals surface area contributed by atoms with Crippen molar-refractivity contribution in [2.45, 2.75) is 182 Å². The molecule has 32 heteroatoms. The number of alkyl carbamates (subject to hydrolysis) is 2. The lowest BCUT2D eigenvalue weighted by Crippen LogP contribution is -2.35.